The summed E-state index contributed by atoms with van der Waals surface area (Å²) in [6.07, 6.45) is 3.98. The van der Waals surface area contributed by atoms with Crippen LogP contribution < -0.4 is 4.74 Å². The fourth-order valence-electron chi connectivity index (χ4n) is 3.07. The van der Waals surface area contributed by atoms with E-state index in [9.17, 15) is 4.79 Å². The van der Waals surface area contributed by atoms with Crippen molar-refractivity contribution in [2.75, 3.05) is 19.3 Å². The molecule has 132 valence electrons. The van der Waals surface area contributed by atoms with Gasteiger partial charge in [0.25, 0.3) is 5.91 Å². The Bertz CT molecular complexity index is 734. The average molecular weight is 356 g/mol. The average Bonchev–Trinajstić information content (AvgIpc) is 2.65. The molecule has 0 radical (unpaired) electrons. The van der Waals surface area contributed by atoms with Gasteiger partial charge in [-0.15, -0.1) is 11.8 Å². The van der Waals surface area contributed by atoms with Crippen LogP contribution >= 0.6 is 11.8 Å². The zero-order chi connectivity index (χ0) is 17.8. The molecule has 0 saturated carbocycles. The summed E-state index contributed by atoms with van der Waals surface area (Å²) in [6, 6.07) is 14.1. The third kappa shape index (κ3) is 4.37. The summed E-state index contributed by atoms with van der Waals surface area (Å²) < 4.78 is 6.11. The number of aryl methyl sites for hydroxylation is 2. The third-order valence-electron chi connectivity index (χ3n) is 4.85. The molecule has 1 heterocycles. The Hall–Kier alpha value is -1.94. The molecule has 0 unspecified atom stereocenters. The normalized spacial score (nSPS) is 15.2. The van der Waals surface area contributed by atoms with E-state index in [0.717, 1.165) is 37.2 Å². The number of carbonyl (C=O) groups excluding carboxylic acids is 1. The molecule has 1 amide bonds. The standard InChI is InChI=1S/C21H25NO2S/c1-15-4-7-19(14-16(15)2)24-18-10-12-22(13-11-18)21(23)17-5-8-20(25-3)9-6-17/h4-9,14,18H,10-13H2,1-3H3. The van der Waals surface area contributed by atoms with Crippen LogP contribution in [0.25, 0.3) is 0 Å². The first-order valence-electron chi connectivity index (χ1n) is 8.74. The van der Waals surface area contributed by atoms with Gasteiger partial charge in [-0.25, -0.2) is 0 Å². The van der Waals surface area contributed by atoms with Crippen LogP contribution in [0.1, 0.15) is 34.3 Å². The highest BCUT2D eigenvalue weighted by molar-refractivity contribution is 7.98. The molecule has 1 fully saturated rings. The molecule has 3 nitrogen and oxygen atoms in total. The summed E-state index contributed by atoms with van der Waals surface area (Å²) >= 11 is 1.69. The van der Waals surface area contributed by atoms with E-state index in [0.29, 0.717) is 0 Å². The van der Waals surface area contributed by atoms with Crippen LogP contribution in [-0.4, -0.2) is 36.3 Å². The number of benzene rings is 2. The molecule has 2 aromatic carbocycles. The van der Waals surface area contributed by atoms with Crippen LogP contribution in [0.5, 0.6) is 5.75 Å². The number of carbonyl (C=O) groups is 1. The van der Waals surface area contributed by atoms with E-state index in [1.54, 1.807) is 11.8 Å². The van der Waals surface area contributed by atoms with E-state index < -0.39 is 0 Å². The van der Waals surface area contributed by atoms with E-state index >= 15 is 0 Å². The fraction of sp³-hybridized carbons (Fsp3) is 0.381. The monoisotopic (exact) mass is 355 g/mol. The summed E-state index contributed by atoms with van der Waals surface area (Å²) in [4.78, 5) is 15.7. The van der Waals surface area contributed by atoms with Crippen molar-refractivity contribution in [3.8, 4) is 5.75 Å². The summed E-state index contributed by atoms with van der Waals surface area (Å²) in [5.41, 5.74) is 3.30. The number of rotatable bonds is 4. The van der Waals surface area contributed by atoms with Crippen molar-refractivity contribution >= 4 is 17.7 Å². The fourth-order valence-corrected chi connectivity index (χ4v) is 3.48. The first kappa shape index (κ1) is 17.9. The lowest BCUT2D eigenvalue weighted by atomic mass is 10.1. The maximum absolute atomic E-state index is 12.6. The second kappa shape index (κ2) is 7.96. The molecule has 0 spiro atoms. The van der Waals surface area contributed by atoms with Gasteiger partial charge in [0.1, 0.15) is 11.9 Å². The van der Waals surface area contributed by atoms with E-state index in [-0.39, 0.29) is 12.0 Å². The topological polar surface area (TPSA) is 29.5 Å². The van der Waals surface area contributed by atoms with Gasteiger partial charge in [-0.2, -0.15) is 0 Å². The van der Waals surface area contributed by atoms with Crippen molar-refractivity contribution in [1.82, 2.24) is 4.90 Å². The number of hydrogen-bond acceptors (Lipinski definition) is 3. The molecule has 0 aromatic heterocycles. The molecule has 25 heavy (non-hydrogen) atoms. The van der Waals surface area contributed by atoms with Crippen LogP contribution in [-0.2, 0) is 0 Å². The minimum absolute atomic E-state index is 0.122. The number of nitrogens with zero attached hydrogens (tertiary/aromatic N) is 1. The van der Waals surface area contributed by atoms with E-state index in [4.69, 9.17) is 4.74 Å². The zero-order valence-electron chi connectivity index (χ0n) is 15.1. The molecule has 2 aromatic rings. The van der Waals surface area contributed by atoms with Crippen molar-refractivity contribution in [2.24, 2.45) is 0 Å². The zero-order valence-corrected chi connectivity index (χ0v) is 15.9. The molecular formula is C21H25NO2S. The van der Waals surface area contributed by atoms with E-state index in [2.05, 4.69) is 26.0 Å². The van der Waals surface area contributed by atoms with Crippen LogP contribution in [0.15, 0.2) is 47.4 Å². The maximum Gasteiger partial charge on any atom is 0.253 e. The Morgan fingerprint density at radius 1 is 1.04 bits per heavy atom. The number of likely N-dealkylation sites (tertiary alicyclic amines) is 1. The number of piperidine rings is 1. The molecule has 3 rings (SSSR count). The van der Waals surface area contributed by atoms with Gasteiger partial charge >= 0.3 is 0 Å². The summed E-state index contributed by atoms with van der Waals surface area (Å²) in [5, 5.41) is 0. The second-order valence-corrected chi connectivity index (χ2v) is 7.46. The SMILES string of the molecule is CSc1ccc(C(=O)N2CCC(Oc3ccc(C)c(C)c3)CC2)cc1. The van der Waals surface area contributed by atoms with Crippen LogP contribution in [0.3, 0.4) is 0 Å². The molecule has 1 saturated heterocycles. The van der Waals surface area contributed by atoms with Crippen molar-refractivity contribution in [3.05, 3.63) is 59.2 Å². The van der Waals surface area contributed by atoms with Crippen molar-refractivity contribution in [3.63, 3.8) is 0 Å². The molecule has 0 atom stereocenters. The van der Waals surface area contributed by atoms with Crippen molar-refractivity contribution in [1.29, 1.82) is 0 Å². The van der Waals surface area contributed by atoms with Gasteiger partial charge in [0, 0.05) is 36.4 Å². The molecule has 0 N–H and O–H groups in total. The Balaban J connectivity index is 1.55. The Morgan fingerprint density at radius 3 is 2.32 bits per heavy atom. The maximum atomic E-state index is 12.6. The van der Waals surface area contributed by atoms with Crippen molar-refractivity contribution < 1.29 is 9.53 Å². The lowest BCUT2D eigenvalue weighted by Crippen LogP contribution is -2.41. The first-order valence-corrected chi connectivity index (χ1v) is 9.96. The largest absolute Gasteiger partial charge is 0.490 e. The lowest BCUT2D eigenvalue weighted by molar-refractivity contribution is 0.0595. The Kier molecular flexibility index (Phi) is 5.69. The smallest absolute Gasteiger partial charge is 0.253 e. The minimum atomic E-state index is 0.122. The van der Waals surface area contributed by atoms with Gasteiger partial charge in [0.15, 0.2) is 0 Å². The molecule has 0 aliphatic carbocycles. The Morgan fingerprint density at radius 2 is 1.72 bits per heavy atom. The highest BCUT2D eigenvalue weighted by Crippen LogP contribution is 2.23. The predicted molar refractivity (Wildman–Crippen MR) is 104 cm³/mol. The van der Waals surface area contributed by atoms with Crippen LogP contribution in [0.2, 0.25) is 0 Å². The van der Waals surface area contributed by atoms with E-state index in [1.165, 1.54) is 16.0 Å². The van der Waals surface area contributed by atoms with Gasteiger partial charge in [-0.1, -0.05) is 6.07 Å². The molecule has 1 aliphatic heterocycles. The number of ether oxygens (including phenoxy) is 1. The minimum Gasteiger partial charge on any atom is -0.490 e. The summed E-state index contributed by atoms with van der Waals surface area (Å²) in [7, 11) is 0. The summed E-state index contributed by atoms with van der Waals surface area (Å²) in [6.45, 7) is 5.71. The quantitative estimate of drug-likeness (QED) is 0.744. The first-order chi connectivity index (χ1) is 12.1. The third-order valence-corrected chi connectivity index (χ3v) is 5.59. The highest BCUT2D eigenvalue weighted by Gasteiger charge is 2.24. The van der Waals surface area contributed by atoms with Gasteiger partial charge in [-0.3, -0.25) is 4.79 Å². The Labute approximate surface area is 154 Å². The van der Waals surface area contributed by atoms with Crippen LogP contribution in [0.4, 0.5) is 0 Å². The number of amides is 1. The lowest BCUT2D eigenvalue weighted by Gasteiger charge is -2.32. The number of thioether (sulfide) groups is 1. The van der Waals surface area contributed by atoms with E-state index in [1.807, 2.05) is 41.5 Å². The highest BCUT2D eigenvalue weighted by atomic mass is 32.2. The van der Waals surface area contributed by atoms with Gasteiger partial charge < -0.3 is 9.64 Å². The summed E-state index contributed by atoms with van der Waals surface area (Å²) in [5.74, 6) is 1.05. The molecule has 1 aliphatic rings. The second-order valence-electron chi connectivity index (χ2n) is 6.58. The van der Waals surface area contributed by atoms with Gasteiger partial charge in [-0.05, 0) is 67.6 Å². The van der Waals surface area contributed by atoms with Crippen LogP contribution in [0, 0.1) is 13.8 Å². The van der Waals surface area contributed by atoms with Crippen molar-refractivity contribution in [2.45, 2.75) is 37.7 Å². The predicted octanol–water partition coefficient (Wildman–Crippen LogP) is 4.71. The number of hydrogen-bond donors (Lipinski definition) is 0. The molecule has 4 heteroatoms. The molecular weight excluding hydrogens is 330 g/mol. The van der Waals surface area contributed by atoms with Gasteiger partial charge in [0.05, 0.1) is 0 Å². The molecule has 0 bridgehead atoms. The van der Waals surface area contributed by atoms with Gasteiger partial charge in [0.2, 0.25) is 0 Å².